The summed E-state index contributed by atoms with van der Waals surface area (Å²) in [7, 11) is 0. The van der Waals surface area contributed by atoms with Crippen LogP contribution in [0, 0.1) is 19.7 Å². The number of rotatable bonds is 9. The minimum absolute atomic E-state index is 0.0172. The van der Waals surface area contributed by atoms with E-state index in [1.165, 1.54) is 0 Å². The summed E-state index contributed by atoms with van der Waals surface area (Å²) in [5.74, 6) is 1.61. The number of ketones is 1. The van der Waals surface area contributed by atoms with Gasteiger partial charge in [0.15, 0.2) is 0 Å². The maximum absolute atomic E-state index is 15.3. The molecule has 1 aliphatic heterocycles. The van der Waals surface area contributed by atoms with Crippen molar-refractivity contribution in [3.05, 3.63) is 75.9 Å². The van der Waals surface area contributed by atoms with E-state index in [9.17, 15) is 9.90 Å². The summed E-state index contributed by atoms with van der Waals surface area (Å²) in [5, 5.41) is 9.97. The Balaban J connectivity index is 1.38. The maximum atomic E-state index is 15.3. The van der Waals surface area contributed by atoms with E-state index in [2.05, 4.69) is 18.8 Å². The zero-order valence-corrected chi connectivity index (χ0v) is 23.6. The van der Waals surface area contributed by atoms with Gasteiger partial charge in [0.05, 0.1) is 24.5 Å². The molecule has 5 nitrogen and oxygen atoms in total. The van der Waals surface area contributed by atoms with Crippen molar-refractivity contribution in [3.8, 4) is 22.6 Å². The molecule has 1 aromatic heterocycles. The third-order valence-corrected chi connectivity index (χ3v) is 7.99. The number of aryl methyl sites for hydroxylation is 2. The Bertz CT molecular complexity index is 1380. The molecule has 6 heteroatoms. The number of fused-ring (bicyclic) bond motifs is 2. The van der Waals surface area contributed by atoms with E-state index in [1.54, 1.807) is 26.8 Å². The molecule has 39 heavy (non-hydrogen) atoms. The van der Waals surface area contributed by atoms with Gasteiger partial charge in [0.1, 0.15) is 23.1 Å². The largest absolute Gasteiger partial charge is 0.493 e. The number of nitrogens with zero attached hydrogens (tertiary/aromatic N) is 1. The predicted octanol–water partition coefficient (Wildman–Crippen LogP) is 6.77. The summed E-state index contributed by atoms with van der Waals surface area (Å²) < 4.78 is 27.1. The van der Waals surface area contributed by atoms with Gasteiger partial charge in [-0.2, -0.15) is 0 Å². The minimum atomic E-state index is -0.768. The SMILES string of the molecule is CC(=O)C[C@@H]1COc2cc(C[C@@H]3CCc4c(-c5c(C)cc(OCCC(C)(C)O)cc5C)ccc(F)c43)cnc21. The highest BCUT2D eigenvalue weighted by atomic mass is 19.1. The molecular weight excluding hydrogens is 493 g/mol. The molecule has 2 aromatic carbocycles. The van der Waals surface area contributed by atoms with Crippen LogP contribution in [0.4, 0.5) is 4.39 Å². The Morgan fingerprint density at radius 2 is 1.92 bits per heavy atom. The van der Waals surface area contributed by atoms with E-state index in [0.717, 1.165) is 69.0 Å². The van der Waals surface area contributed by atoms with E-state index in [0.29, 0.717) is 32.5 Å². The topological polar surface area (TPSA) is 68.7 Å². The fourth-order valence-electron chi connectivity index (χ4n) is 6.18. The molecule has 1 aliphatic carbocycles. The van der Waals surface area contributed by atoms with Crippen LogP contribution in [-0.2, 0) is 17.6 Å². The number of hydrogen-bond acceptors (Lipinski definition) is 5. The molecule has 0 saturated heterocycles. The van der Waals surface area contributed by atoms with Crippen molar-refractivity contribution >= 4 is 5.78 Å². The highest BCUT2D eigenvalue weighted by molar-refractivity contribution is 5.77. The van der Waals surface area contributed by atoms with Crippen LogP contribution in [0.2, 0.25) is 0 Å². The average molecular weight is 532 g/mol. The smallest absolute Gasteiger partial charge is 0.141 e. The van der Waals surface area contributed by atoms with Crippen molar-refractivity contribution in [2.24, 2.45) is 0 Å². The Kier molecular flexibility index (Phi) is 7.51. The number of carbonyl (C=O) groups is 1. The standard InChI is InChI=1S/C33H38FNO4/c1-19-12-25(38-11-10-33(4,5)37)13-20(2)30(19)26-8-9-28(34)31-23(6-7-27(26)31)15-22-16-29-32(35-17-22)24(18-39-29)14-21(3)36/h8-9,12-13,16-17,23-24,37H,6-7,10-11,14-15,18H2,1-5H3/t23-,24+/m0/s1. The number of pyridine rings is 1. The Morgan fingerprint density at radius 3 is 2.62 bits per heavy atom. The quantitative estimate of drug-likeness (QED) is 0.330. The number of benzene rings is 2. The summed E-state index contributed by atoms with van der Waals surface area (Å²) in [6, 6.07) is 9.61. The molecule has 3 aromatic rings. The third-order valence-electron chi connectivity index (χ3n) is 7.99. The lowest BCUT2D eigenvalue weighted by Gasteiger charge is -2.20. The molecule has 2 heterocycles. The second-order valence-electron chi connectivity index (χ2n) is 11.9. The van der Waals surface area contributed by atoms with Crippen LogP contribution in [0.5, 0.6) is 11.5 Å². The first-order valence-electron chi connectivity index (χ1n) is 13.9. The van der Waals surface area contributed by atoms with Crippen LogP contribution >= 0.6 is 0 Å². The van der Waals surface area contributed by atoms with Gasteiger partial charge in [-0.1, -0.05) is 6.07 Å². The van der Waals surface area contributed by atoms with Crippen LogP contribution < -0.4 is 9.47 Å². The molecule has 2 atom stereocenters. The number of carbonyl (C=O) groups excluding carboxylic acids is 1. The van der Waals surface area contributed by atoms with Crippen LogP contribution in [0.3, 0.4) is 0 Å². The maximum Gasteiger partial charge on any atom is 0.141 e. The van der Waals surface area contributed by atoms with E-state index < -0.39 is 5.60 Å². The Hall–Kier alpha value is -3.25. The summed E-state index contributed by atoms with van der Waals surface area (Å²) in [4.78, 5) is 16.2. The molecular formula is C33H38FNO4. The molecule has 0 spiro atoms. The highest BCUT2D eigenvalue weighted by Crippen LogP contribution is 2.45. The van der Waals surface area contributed by atoms with Crippen LogP contribution in [-0.4, -0.2) is 34.7 Å². The molecule has 0 saturated carbocycles. The van der Waals surface area contributed by atoms with Gasteiger partial charge in [0.25, 0.3) is 0 Å². The number of hydrogen-bond donors (Lipinski definition) is 1. The molecule has 5 rings (SSSR count). The fraction of sp³-hybridized carbons (Fsp3) is 0.455. The lowest BCUT2D eigenvalue weighted by atomic mass is 9.88. The monoisotopic (exact) mass is 531 g/mol. The number of aliphatic hydroxyl groups is 1. The number of halogens is 1. The van der Waals surface area contributed by atoms with Crippen molar-refractivity contribution in [1.82, 2.24) is 4.98 Å². The van der Waals surface area contributed by atoms with Gasteiger partial charge in [0.2, 0.25) is 0 Å². The van der Waals surface area contributed by atoms with Gasteiger partial charge < -0.3 is 19.4 Å². The number of Topliss-reactive ketones (excluding diaryl/α,β-unsaturated/α-hetero) is 1. The van der Waals surface area contributed by atoms with E-state index in [4.69, 9.17) is 9.47 Å². The van der Waals surface area contributed by atoms with Crippen molar-refractivity contribution in [3.63, 3.8) is 0 Å². The molecule has 0 radical (unpaired) electrons. The first-order valence-corrected chi connectivity index (χ1v) is 13.9. The van der Waals surface area contributed by atoms with Crippen molar-refractivity contribution in [1.29, 1.82) is 0 Å². The van der Waals surface area contributed by atoms with Gasteiger partial charge in [-0.05, 0) is 123 Å². The zero-order chi connectivity index (χ0) is 27.9. The molecule has 0 bridgehead atoms. The van der Waals surface area contributed by atoms with Crippen molar-refractivity contribution < 1.29 is 23.8 Å². The molecule has 0 amide bonds. The zero-order valence-electron chi connectivity index (χ0n) is 23.6. The van der Waals surface area contributed by atoms with Gasteiger partial charge >= 0.3 is 0 Å². The van der Waals surface area contributed by atoms with E-state index >= 15 is 4.39 Å². The van der Waals surface area contributed by atoms with E-state index in [-0.39, 0.29) is 23.4 Å². The van der Waals surface area contributed by atoms with Crippen LogP contribution in [0.25, 0.3) is 11.1 Å². The second kappa shape index (κ2) is 10.7. The normalized spacial score (nSPS) is 18.0. The molecule has 1 N–H and O–H groups in total. The summed E-state index contributed by atoms with van der Waals surface area (Å²) in [5.41, 5.74) is 7.42. The van der Waals surface area contributed by atoms with Crippen LogP contribution in [0.1, 0.15) is 85.4 Å². The minimum Gasteiger partial charge on any atom is -0.493 e. The lowest BCUT2D eigenvalue weighted by molar-refractivity contribution is -0.117. The first-order chi connectivity index (χ1) is 18.5. The first kappa shape index (κ1) is 27.3. The van der Waals surface area contributed by atoms with Crippen molar-refractivity contribution in [2.75, 3.05) is 13.2 Å². The van der Waals surface area contributed by atoms with Gasteiger partial charge in [-0.15, -0.1) is 0 Å². The molecule has 0 fully saturated rings. The average Bonchev–Trinajstić information content (AvgIpc) is 3.44. The summed E-state index contributed by atoms with van der Waals surface area (Å²) in [6.07, 6.45) is 5.25. The number of ether oxygens (including phenoxy) is 2. The second-order valence-corrected chi connectivity index (χ2v) is 11.9. The summed E-state index contributed by atoms with van der Waals surface area (Å²) >= 11 is 0. The Morgan fingerprint density at radius 1 is 1.18 bits per heavy atom. The molecule has 2 aliphatic rings. The fourth-order valence-corrected chi connectivity index (χ4v) is 6.18. The van der Waals surface area contributed by atoms with E-state index in [1.807, 2.05) is 30.5 Å². The van der Waals surface area contributed by atoms with Crippen molar-refractivity contribution in [2.45, 2.75) is 84.2 Å². The lowest BCUT2D eigenvalue weighted by Crippen LogP contribution is -2.21. The highest BCUT2D eigenvalue weighted by Gasteiger charge is 2.31. The number of aromatic nitrogens is 1. The molecule has 0 unspecified atom stereocenters. The van der Waals surface area contributed by atoms with Gasteiger partial charge in [-0.25, -0.2) is 4.39 Å². The third kappa shape index (κ3) is 5.86. The van der Waals surface area contributed by atoms with Gasteiger partial charge in [-0.3, -0.25) is 4.98 Å². The Labute approximate surface area is 230 Å². The van der Waals surface area contributed by atoms with Crippen LogP contribution in [0.15, 0.2) is 36.5 Å². The summed E-state index contributed by atoms with van der Waals surface area (Å²) in [6.45, 7) is 10.2. The predicted molar refractivity (Wildman–Crippen MR) is 150 cm³/mol. The molecule has 206 valence electrons. The van der Waals surface area contributed by atoms with Gasteiger partial charge in [0, 0.05) is 25.0 Å².